The van der Waals surface area contributed by atoms with E-state index >= 15 is 0 Å². The van der Waals surface area contributed by atoms with Gasteiger partial charge >= 0.3 is 0 Å². The number of nitrogens with zero attached hydrogens (tertiary/aromatic N) is 1. The first kappa shape index (κ1) is 16.6. The van der Waals surface area contributed by atoms with E-state index < -0.39 is 5.41 Å². The first-order chi connectivity index (χ1) is 9.37. The van der Waals surface area contributed by atoms with E-state index in [1.807, 2.05) is 45.0 Å². The van der Waals surface area contributed by atoms with Crippen molar-refractivity contribution in [2.75, 3.05) is 7.05 Å². The second-order valence-electron chi connectivity index (χ2n) is 5.30. The summed E-state index contributed by atoms with van der Waals surface area (Å²) in [5.41, 5.74) is 7.43. The molecule has 110 valence electrons. The number of amides is 1. The SMILES string of the molecule is CCC(CC)(C(=O)N(C)Cc1ccc(C)cc1)C(N)=S. The topological polar surface area (TPSA) is 46.3 Å². The third-order valence-corrected chi connectivity index (χ3v) is 4.37. The lowest BCUT2D eigenvalue weighted by Gasteiger charge is -2.33. The van der Waals surface area contributed by atoms with Crippen molar-refractivity contribution in [1.29, 1.82) is 0 Å². The van der Waals surface area contributed by atoms with Gasteiger partial charge < -0.3 is 10.6 Å². The summed E-state index contributed by atoms with van der Waals surface area (Å²) in [6.07, 6.45) is 1.27. The summed E-state index contributed by atoms with van der Waals surface area (Å²) in [5, 5.41) is 0. The number of nitrogens with two attached hydrogens (primary N) is 1. The second kappa shape index (κ2) is 6.84. The number of aryl methyl sites for hydroxylation is 1. The average molecular weight is 292 g/mol. The molecule has 0 aliphatic heterocycles. The third kappa shape index (κ3) is 3.37. The molecule has 2 N–H and O–H groups in total. The standard InChI is InChI=1S/C16H24N2OS/c1-5-16(6-2,14(17)20)15(19)18(4)11-13-9-7-12(3)8-10-13/h7-10H,5-6,11H2,1-4H3,(H2,17,20). The Morgan fingerprint density at radius 1 is 1.25 bits per heavy atom. The number of thiocarbonyl (C=S) groups is 1. The summed E-state index contributed by atoms with van der Waals surface area (Å²) in [6, 6.07) is 8.18. The van der Waals surface area contributed by atoms with Crippen LogP contribution < -0.4 is 5.73 Å². The van der Waals surface area contributed by atoms with Gasteiger partial charge in [-0.15, -0.1) is 0 Å². The van der Waals surface area contributed by atoms with Gasteiger partial charge in [0.25, 0.3) is 0 Å². The fourth-order valence-electron chi connectivity index (χ4n) is 2.41. The van der Waals surface area contributed by atoms with Gasteiger partial charge in [-0.1, -0.05) is 55.9 Å². The molecule has 0 atom stereocenters. The predicted molar refractivity (Wildman–Crippen MR) is 87.5 cm³/mol. The summed E-state index contributed by atoms with van der Waals surface area (Å²) in [4.78, 5) is 14.7. The Kier molecular flexibility index (Phi) is 5.69. The minimum Gasteiger partial charge on any atom is -0.392 e. The number of carbonyl (C=O) groups excluding carboxylic acids is 1. The predicted octanol–water partition coefficient (Wildman–Crippen LogP) is 3.05. The molecular formula is C16H24N2OS. The van der Waals surface area contributed by atoms with Crippen molar-refractivity contribution in [3.63, 3.8) is 0 Å². The lowest BCUT2D eigenvalue weighted by molar-refractivity contribution is -0.137. The molecule has 1 aromatic rings. The van der Waals surface area contributed by atoms with Crippen LogP contribution in [0.4, 0.5) is 0 Å². The fourth-order valence-corrected chi connectivity index (χ4v) is 2.79. The monoisotopic (exact) mass is 292 g/mol. The van der Waals surface area contributed by atoms with E-state index in [1.165, 1.54) is 5.56 Å². The molecule has 1 amide bonds. The van der Waals surface area contributed by atoms with Crippen LogP contribution in [-0.4, -0.2) is 22.8 Å². The van der Waals surface area contributed by atoms with Crippen molar-refractivity contribution >= 4 is 23.1 Å². The third-order valence-electron chi connectivity index (χ3n) is 3.98. The van der Waals surface area contributed by atoms with Crippen LogP contribution in [0, 0.1) is 12.3 Å². The number of rotatable bonds is 6. The molecule has 0 aliphatic rings. The van der Waals surface area contributed by atoms with Crippen LogP contribution in [0.1, 0.15) is 37.8 Å². The molecule has 0 saturated heterocycles. The van der Waals surface area contributed by atoms with Gasteiger partial charge in [-0.05, 0) is 25.3 Å². The van der Waals surface area contributed by atoms with Crippen molar-refractivity contribution in [2.24, 2.45) is 11.1 Å². The quantitative estimate of drug-likeness (QED) is 0.820. The summed E-state index contributed by atoms with van der Waals surface area (Å²) in [6.45, 7) is 6.54. The molecule has 0 unspecified atom stereocenters. The molecule has 0 radical (unpaired) electrons. The molecule has 4 heteroatoms. The highest BCUT2D eigenvalue weighted by atomic mass is 32.1. The highest BCUT2D eigenvalue weighted by Gasteiger charge is 2.39. The molecule has 0 spiro atoms. The van der Waals surface area contributed by atoms with Crippen molar-refractivity contribution in [2.45, 2.75) is 40.2 Å². The normalized spacial score (nSPS) is 11.2. The maximum absolute atomic E-state index is 12.7. The van der Waals surface area contributed by atoms with E-state index in [2.05, 4.69) is 0 Å². The lowest BCUT2D eigenvalue weighted by atomic mass is 9.80. The van der Waals surface area contributed by atoms with Crippen molar-refractivity contribution < 1.29 is 4.79 Å². The van der Waals surface area contributed by atoms with E-state index in [0.717, 1.165) is 5.56 Å². The summed E-state index contributed by atoms with van der Waals surface area (Å²) < 4.78 is 0. The van der Waals surface area contributed by atoms with Crippen LogP contribution in [-0.2, 0) is 11.3 Å². The molecule has 0 fully saturated rings. The number of hydrogen-bond acceptors (Lipinski definition) is 2. The highest BCUT2D eigenvalue weighted by molar-refractivity contribution is 7.80. The number of benzene rings is 1. The Morgan fingerprint density at radius 2 is 1.75 bits per heavy atom. The zero-order chi connectivity index (χ0) is 15.3. The van der Waals surface area contributed by atoms with Crippen molar-refractivity contribution in [3.8, 4) is 0 Å². The number of hydrogen-bond donors (Lipinski definition) is 1. The molecule has 0 heterocycles. The fraction of sp³-hybridized carbons (Fsp3) is 0.500. The van der Waals surface area contributed by atoms with Crippen LogP contribution in [0.25, 0.3) is 0 Å². The van der Waals surface area contributed by atoms with Crippen LogP contribution in [0.15, 0.2) is 24.3 Å². The maximum atomic E-state index is 12.7. The largest absolute Gasteiger partial charge is 0.392 e. The smallest absolute Gasteiger partial charge is 0.235 e. The van der Waals surface area contributed by atoms with Crippen molar-refractivity contribution in [3.05, 3.63) is 35.4 Å². The molecule has 0 saturated carbocycles. The summed E-state index contributed by atoms with van der Waals surface area (Å²) in [7, 11) is 1.81. The molecule has 0 aromatic heterocycles. The Morgan fingerprint density at radius 3 is 2.15 bits per heavy atom. The Balaban J connectivity index is 2.90. The van der Waals surface area contributed by atoms with Crippen LogP contribution in [0.3, 0.4) is 0 Å². The average Bonchev–Trinajstić information content (AvgIpc) is 2.42. The van der Waals surface area contributed by atoms with E-state index in [4.69, 9.17) is 18.0 Å². The van der Waals surface area contributed by atoms with Gasteiger partial charge in [-0.3, -0.25) is 4.79 Å². The molecule has 3 nitrogen and oxygen atoms in total. The summed E-state index contributed by atoms with van der Waals surface area (Å²) >= 11 is 5.13. The van der Waals surface area contributed by atoms with E-state index in [1.54, 1.807) is 11.9 Å². The van der Waals surface area contributed by atoms with Gasteiger partial charge in [-0.2, -0.15) is 0 Å². The highest BCUT2D eigenvalue weighted by Crippen LogP contribution is 2.29. The Bertz CT molecular complexity index is 478. The molecule has 1 rings (SSSR count). The first-order valence-corrected chi connectivity index (χ1v) is 7.39. The first-order valence-electron chi connectivity index (χ1n) is 6.98. The van der Waals surface area contributed by atoms with Crippen LogP contribution >= 0.6 is 12.2 Å². The van der Waals surface area contributed by atoms with Gasteiger partial charge in [0.1, 0.15) is 0 Å². The minimum absolute atomic E-state index is 0.00979. The van der Waals surface area contributed by atoms with Crippen LogP contribution in [0.2, 0.25) is 0 Å². The van der Waals surface area contributed by atoms with Crippen molar-refractivity contribution in [1.82, 2.24) is 4.90 Å². The zero-order valence-electron chi connectivity index (χ0n) is 12.8. The summed E-state index contributed by atoms with van der Waals surface area (Å²) in [5.74, 6) is 0.00979. The molecule has 1 aromatic carbocycles. The van der Waals surface area contributed by atoms with Gasteiger partial charge in [0.15, 0.2) is 0 Å². The number of carbonyl (C=O) groups is 1. The zero-order valence-corrected chi connectivity index (χ0v) is 13.6. The lowest BCUT2D eigenvalue weighted by Crippen LogP contribution is -2.48. The molecule has 0 aliphatic carbocycles. The van der Waals surface area contributed by atoms with E-state index in [9.17, 15) is 4.79 Å². The van der Waals surface area contributed by atoms with Crippen LogP contribution in [0.5, 0.6) is 0 Å². The molecule has 20 heavy (non-hydrogen) atoms. The second-order valence-corrected chi connectivity index (χ2v) is 5.74. The maximum Gasteiger partial charge on any atom is 0.235 e. The van der Waals surface area contributed by atoms with Gasteiger partial charge in [-0.25, -0.2) is 0 Å². The molecular weight excluding hydrogens is 268 g/mol. The van der Waals surface area contributed by atoms with Gasteiger partial charge in [0.05, 0.1) is 10.4 Å². The Hall–Kier alpha value is -1.42. The van der Waals surface area contributed by atoms with E-state index in [-0.39, 0.29) is 5.91 Å². The Labute approximate surface area is 127 Å². The van der Waals surface area contributed by atoms with Gasteiger partial charge in [0, 0.05) is 13.6 Å². The van der Waals surface area contributed by atoms with Gasteiger partial charge in [0.2, 0.25) is 5.91 Å². The minimum atomic E-state index is -0.714. The molecule has 0 bridgehead atoms. The van der Waals surface area contributed by atoms with E-state index in [0.29, 0.717) is 24.4 Å².